The lowest BCUT2D eigenvalue weighted by Crippen LogP contribution is -2.44. The molecule has 0 amide bonds. The van der Waals surface area contributed by atoms with Gasteiger partial charge < -0.3 is 28.6 Å². The average Bonchev–Trinajstić information content (AvgIpc) is 3.53. The zero-order valence-electron chi connectivity index (χ0n) is 36.0. The van der Waals surface area contributed by atoms with Gasteiger partial charge in [-0.25, -0.2) is 0 Å². The Morgan fingerprint density at radius 1 is 0.600 bits per heavy atom. The van der Waals surface area contributed by atoms with Gasteiger partial charge in [-0.1, -0.05) is 101 Å². The molecule has 2 heterocycles. The molecule has 60 heavy (non-hydrogen) atoms. The number of rotatable bonds is 7. The first-order valence-corrected chi connectivity index (χ1v) is 21.4. The van der Waals surface area contributed by atoms with E-state index in [1.807, 2.05) is 12.1 Å². The van der Waals surface area contributed by atoms with Gasteiger partial charge in [0.15, 0.2) is 5.60 Å². The fraction of sp³-hybridized carbons (Fsp3) is 0.333. The Balaban J connectivity index is 1.28. The Bertz CT molecular complexity index is 2640. The van der Waals surface area contributed by atoms with Gasteiger partial charge in [0, 0.05) is 63.5 Å². The number of ether oxygens (including phenoxy) is 5. The van der Waals surface area contributed by atoms with E-state index in [1.165, 1.54) is 27.9 Å². The molecular weight excluding hydrogens is 743 g/mol. The van der Waals surface area contributed by atoms with Crippen LogP contribution in [-0.4, -0.2) is 47.6 Å². The Labute approximate surface area is 354 Å². The number of methoxy groups -OCH3 is 3. The molecule has 1 spiro atoms. The lowest BCUT2D eigenvalue weighted by Gasteiger charge is -2.52. The lowest BCUT2D eigenvalue weighted by atomic mass is 9.52. The third-order valence-electron chi connectivity index (χ3n) is 13.6. The van der Waals surface area contributed by atoms with Crippen LogP contribution in [0.25, 0.3) is 39.1 Å². The van der Waals surface area contributed by atoms with E-state index < -0.39 is 5.60 Å². The van der Waals surface area contributed by atoms with Gasteiger partial charge in [0.2, 0.25) is 0 Å². The summed E-state index contributed by atoms with van der Waals surface area (Å²) in [7, 11) is 5.15. The maximum Gasteiger partial charge on any atom is 0.178 e. The molecule has 2 aliphatic carbocycles. The highest BCUT2D eigenvalue weighted by molar-refractivity contribution is 6.11. The van der Waals surface area contributed by atoms with Crippen molar-refractivity contribution in [2.45, 2.75) is 58.0 Å². The SMILES string of the molecule is COc1ccc(-c2cc3c4c(c5c(c3cc2OC)OC(c2ccccc2)(c2ccc(N3CCOCC3)cc2)C=C5)C2(CC(C)(C)CC(C)(C)C2)c2ccccc2-4)c(OC)c1. The molecule has 6 aromatic rings. The van der Waals surface area contributed by atoms with Gasteiger partial charge in [0.1, 0.15) is 23.0 Å². The van der Waals surface area contributed by atoms with E-state index in [0.717, 1.165) is 107 Å². The standard InChI is InChI=1S/C54H55NO5/c1-51(2)32-52(3,4)34-53(33-51)45-16-12-11-15-40(45)48-43-30-42(39-22-21-38(56-5)29-46(39)57-6)47(58-7)31-44(43)50-41(49(48)53)23-24-54(60-50,35-13-9-8-10-14-35)36-17-19-37(20-18-36)55-25-27-59-28-26-55/h8-24,29-31H,25-28,32-34H2,1-7H3. The van der Waals surface area contributed by atoms with Crippen LogP contribution in [0.5, 0.6) is 23.0 Å². The smallest absolute Gasteiger partial charge is 0.178 e. The first kappa shape index (κ1) is 38.5. The van der Waals surface area contributed by atoms with E-state index in [0.29, 0.717) is 0 Å². The van der Waals surface area contributed by atoms with E-state index in [9.17, 15) is 0 Å². The van der Waals surface area contributed by atoms with Gasteiger partial charge in [0.05, 0.1) is 34.5 Å². The zero-order chi connectivity index (χ0) is 41.4. The molecule has 2 fully saturated rings. The first-order valence-electron chi connectivity index (χ1n) is 21.4. The van der Waals surface area contributed by atoms with Crippen molar-refractivity contribution in [3.63, 3.8) is 0 Å². The molecular formula is C54H55NO5. The number of hydrogen-bond acceptors (Lipinski definition) is 6. The van der Waals surface area contributed by atoms with Crippen molar-refractivity contribution in [3.05, 3.63) is 143 Å². The molecule has 6 heteroatoms. The maximum atomic E-state index is 7.86. The molecule has 1 saturated carbocycles. The highest BCUT2D eigenvalue weighted by atomic mass is 16.5. The van der Waals surface area contributed by atoms with Crippen molar-refractivity contribution < 1.29 is 23.7 Å². The number of fused-ring (bicyclic) bond motifs is 10. The summed E-state index contributed by atoms with van der Waals surface area (Å²) >= 11 is 0. The van der Waals surface area contributed by atoms with Gasteiger partial charge in [0.25, 0.3) is 0 Å². The van der Waals surface area contributed by atoms with Crippen LogP contribution in [0.15, 0.2) is 115 Å². The summed E-state index contributed by atoms with van der Waals surface area (Å²) in [6.45, 7) is 13.1. The van der Waals surface area contributed by atoms with Gasteiger partial charge in [-0.15, -0.1) is 0 Å². The van der Waals surface area contributed by atoms with Crippen LogP contribution in [0, 0.1) is 10.8 Å². The minimum atomic E-state index is -0.895. The number of hydrogen-bond donors (Lipinski definition) is 0. The topological polar surface area (TPSA) is 49.4 Å². The molecule has 6 aromatic carbocycles. The second-order valence-electron chi connectivity index (χ2n) is 18.8. The second-order valence-corrected chi connectivity index (χ2v) is 18.8. The van der Waals surface area contributed by atoms with Crippen molar-refractivity contribution in [1.82, 2.24) is 0 Å². The van der Waals surface area contributed by atoms with Gasteiger partial charge in [-0.3, -0.25) is 0 Å². The third-order valence-corrected chi connectivity index (χ3v) is 13.6. The number of morpholine rings is 1. The second kappa shape index (κ2) is 14.2. The van der Waals surface area contributed by atoms with Crippen molar-refractivity contribution in [2.75, 3.05) is 52.5 Å². The first-order chi connectivity index (χ1) is 29.0. The Morgan fingerprint density at radius 3 is 1.97 bits per heavy atom. The normalized spacial score (nSPS) is 20.6. The van der Waals surface area contributed by atoms with Gasteiger partial charge in [-0.05, 0) is 100 Å². The quantitative estimate of drug-likeness (QED) is 0.160. The van der Waals surface area contributed by atoms with Crippen LogP contribution in [0.2, 0.25) is 0 Å². The van der Waals surface area contributed by atoms with Crippen LogP contribution in [-0.2, 0) is 15.8 Å². The summed E-state index contributed by atoms with van der Waals surface area (Å²) in [4.78, 5) is 2.40. The van der Waals surface area contributed by atoms with Crippen molar-refractivity contribution in [2.24, 2.45) is 10.8 Å². The summed E-state index contributed by atoms with van der Waals surface area (Å²) in [5.41, 5.74) is 10.9. The predicted octanol–water partition coefficient (Wildman–Crippen LogP) is 12.2. The molecule has 6 nitrogen and oxygen atoms in total. The molecule has 1 saturated heterocycles. The molecule has 10 rings (SSSR count). The monoisotopic (exact) mass is 797 g/mol. The van der Waals surface area contributed by atoms with Crippen LogP contribution >= 0.6 is 0 Å². The van der Waals surface area contributed by atoms with Crippen LogP contribution in [0.4, 0.5) is 5.69 Å². The van der Waals surface area contributed by atoms with Crippen LogP contribution in [0.3, 0.4) is 0 Å². The van der Waals surface area contributed by atoms with Crippen molar-refractivity contribution >= 4 is 22.5 Å². The molecule has 306 valence electrons. The number of benzene rings is 6. The van der Waals surface area contributed by atoms with E-state index in [4.69, 9.17) is 23.7 Å². The minimum Gasteiger partial charge on any atom is -0.497 e. The summed E-state index contributed by atoms with van der Waals surface area (Å²) in [6.07, 6.45) is 7.97. The van der Waals surface area contributed by atoms with Gasteiger partial charge >= 0.3 is 0 Å². The largest absolute Gasteiger partial charge is 0.497 e. The highest BCUT2D eigenvalue weighted by Gasteiger charge is 2.55. The molecule has 0 bridgehead atoms. The highest BCUT2D eigenvalue weighted by Crippen LogP contribution is 2.67. The molecule has 1 atom stereocenters. The summed E-state index contributed by atoms with van der Waals surface area (Å²) in [6, 6.07) is 39.4. The van der Waals surface area contributed by atoms with Gasteiger partial charge in [-0.2, -0.15) is 0 Å². The molecule has 4 aliphatic rings. The molecule has 0 N–H and O–H groups in total. The van der Waals surface area contributed by atoms with E-state index in [-0.39, 0.29) is 16.2 Å². The predicted molar refractivity (Wildman–Crippen MR) is 243 cm³/mol. The fourth-order valence-corrected chi connectivity index (χ4v) is 12.0. The summed E-state index contributed by atoms with van der Waals surface area (Å²) in [5, 5.41) is 2.16. The molecule has 0 radical (unpaired) electrons. The average molecular weight is 798 g/mol. The zero-order valence-corrected chi connectivity index (χ0v) is 36.0. The molecule has 1 unspecified atom stereocenters. The Morgan fingerprint density at radius 2 is 1.27 bits per heavy atom. The van der Waals surface area contributed by atoms with Crippen LogP contribution in [0.1, 0.15) is 74.8 Å². The third kappa shape index (κ3) is 6.01. The number of nitrogens with zero attached hydrogens (tertiary/aromatic N) is 1. The summed E-state index contributed by atoms with van der Waals surface area (Å²) in [5.74, 6) is 3.08. The Hall–Kier alpha value is -5.72. The molecule has 0 aromatic heterocycles. The van der Waals surface area contributed by atoms with E-state index in [2.05, 4.69) is 142 Å². The van der Waals surface area contributed by atoms with Crippen molar-refractivity contribution in [1.29, 1.82) is 0 Å². The number of anilines is 1. The van der Waals surface area contributed by atoms with E-state index >= 15 is 0 Å². The fourth-order valence-electron chi connectivity index (χ4n) is 12.0. The maximum absolute atomic E-state index is 7.86. The Kier molecular flexibility index (Phi) is 9.10. The van der Waals surface area contributed by atoms with Crippen LogP contribution < -0.4 is 23.8 Å². The van der Waals surface area contributed by atoms with E-state index in [1.54, 1.807) is 21.3 Å². The lowest BCUT2D eigenvalue weighted by molar-refractivity contribution is 0.0642. The molecule has 2 aliphatic heterocycles. The summed E-state index contributed by atoms with van der Waals surface area (Å²) < 4.78 is 31.5. The minimum absolute atomic E-state index is 0.106. The van der Waals surface area contributed by atoms with Crippen molar-refractivity contribution in [3.8, 4) is 45.3 Å².